The molecule has 0 aliphatic heterocycles. The molecule has 0 spiro atoms. The maximum atomic E-state index is 10.5. The van der Waals surface area contributed by atoms with Gasteiger partial charge in [0.05, 0.1) is 0 Å². The summed E-state index contributed by atoms with van der Waals surface area (Å²) in [5.41, 5.74) is 0. The second-order valence-electron chi connectivity index (χ2n) is 3.73. The summed E-state index contributed by atoms with van der Waals surface area (Å²) in [6, 6.07) is 0. The Labute approximate surface area is 93.8 Å². The number of rotatable bonds is 3. The van der Waals surface area contributed by atoms with Crippen molar-refractivity contribution in [1.82, 2.24) is 0 Å². The molecule has 2 nitrogen and oxygen atoms in total. The summed E-state index contributed by atoms with van der Waals surface area (Å²) in [6.45, 7) is 1.83. The topological polar surface area (TPSA) is 26.3 Å². The van der Waals surface area contributed by atoms with E-state index in [9.17, 15) is 4.79 Å². The zero-order valence-electron chi connectivity index (χ0n) is 8.59. The van der Waals surface area contributed by atoms with E-state index >= 15 is 0 Å². The third-order valence-electron chi connectivity index (χ3n) is 2.56. The Morgan fingerprint density at radius 2 is 2.07 bits per heavy atom. The summed E-state index contributed by atoms with van der Waals surface area (Å²) in [5.74, 6) is 0.435. The summed E-state index contributed by atoms with van der Waals surface area (Å²) >= 11 is 3.56. The lowest BCUT2D eigenvalue weighted by atomic mass is 9.89. The van der Waals surface area contributed by atoms with Crippen molar-refractivity contribution in [3.05, 3.63) is 10.6 Å². The quantitative estimate of drug-likeness (QED) is 0.728. The van der Waals surface area contributed by atoms with Gasteiger partial charge in [-0.2, -0.15) is 0 Å². The van der Waals surface area contributed by atoms with Crippen molar-refractivity contribution in [3.63, 3.8) is 0 Å². The maximum absolute atomic E-state index is 10.5. The number of esters is 1. The summed E-state index contributed by atoms with van der Waals surface area (Å²) in [4.78, 5) is 10.5. The van der Waals surface area contributed by atoms with Crippen molar-refractivity contribution in [1.29, 1.82) is 0 Å². The van der Waals surface area contributed by atoms with Gasteiger partial charge in [-0.05, 0) is 29.3 Å². The first-order valence-electron chi connectivity index (χ1n) is 5.19. The molecule has 0 aromatic carbocycles. The molecule has 0 bridgehead atoms. The Morgan fingerprint density at radius 3 is 2.64 bits per heavy atom. The van der Waals surface area contributed by atoms with Crippen molar-refractivity contribution < 1.29 is 9.53 Å². The average Bonchev–Trinajstić information content (AvgIpc) is 2.18. The minimum Gasteiger partial charge on any atom is -0.462 e. The highest BCUT2D eigenvalue weighted by Gasteiger charge is 2.15. The van der Waals surface area contributed by atoms with Gasteiger partial charge < -0.3 is 4.74 Å². The van der Waals surface area contributed by atoms with E-state index in [1.54, 1.807) is 0 Å². The highest BCUT2D eigenvalue weighted by atomic mass is 79.9. The molecular formula is C11H17BrO2. The molecule has 1 aliphatic rings. The molecule has 1 rings (SSSR count). The Kier molecular flexibility index (Phi) is 5.23. The van der Waals surface area contributed by atoms with Crippen LogP contribution in [-0.4, -0.2) is 12.6 Å². The smallest absolute Gasteiger partial charge is 0.302 e. The fraction of sp³-hybridized carbons (Fsp3) is 0.727. The van der Waals surface area contributed by atoms with E-state index in [4.69, 9.17) is 4.74 Å². The zero-order valence-corrected chi connectivity index (χ0v) is 10.2. The second-order valence-corrected chi connectivity index (χ2v) is 4.64. The molecule has 0 amide bonds. The number of hydrogen-bond donors (Lipinski definition) is 0. The third kappa shape index (κ3) is 4.27. The fourth-order valence-corrected chi connectivity index (χ4v) is 2.37. The molecule has 0 radical (unpaired) electrons. The number of allylic oxidation sites excluding steroid dienone is 1. The van der Waals surface area contributed by atoms with Crippen LogP contribution in [-0.2, 0) is 9.53 Å². The fourth-order valence-electron chi connectivity index (χ4n) is 1.78. The molecule has 0 N–H and O–H groups in total. The molecule has 3 heteroatoms. The lowest BCUT2D eigenvalue weighted by Crippen LogP contribution is -2.07. The van der Waals surface area contributed by atoms with Crippen LogP contribution >= 0.6 is 15.9 Å². The average molecular weight is 261 g/mol. The van der Waals surface area contributed by atoms with Gasteiger partial charge in [0.15, 0.2) is 0 Å². The SMILES string of the molecule is CC(=O)OC/C=C(/Br)C1CCCCC1. The Morgan fingerprint density at radius 1 is 1.43 bits per heavy atom. The molecule has 0 aromatic heterocycles. The van der Waals surface area contributed by atoms with Crippen LogP contribution < -0.4 is 0 Å². The Bertz CT molecular complexity index is 217. The van der Waals surface area contributed by atoms with Gasteiger partial charge >= 0.3 is 5.97 Å². The standard InChI is InChI=1S/C11H17BrO2/c1-9(13)14-8-7-11(12)10-5-3-2-4-6-10/h7,10H,2-6,8H2,1H3/b11-7+. The first kappa shape index (κ1) is 11.8. The van der Waals surface area contributed by atoms with Crippen molar-refractivity contribution >= 4 is 21.9 Å². The molecule has 0 aromatic rings. The number of ether oxygens (including phenoxy) is 1. The van der Waals surface area contributed by atoms with E-state index in [2.05, 4.69) is 15.9 Å². The predicted molar refractivity (Wildman–Crippen MR) is 60.2 cm³/mol. The number of carbonyl (C=O) groups excluding carboxylic acids is 1. The molecule has 14 heavy (non-hydrogen) atoms. The summed E-state index contributed by atoms with van der Waals surface area (Å²) < 4.78 is 6.06. The molecule has 0 unspecified atom stereocenters. The summed E-state index contributed by atoms with van der Waals surface area (Å²) in [6.07, 6.45) is 8.49. The molecule has 80 valence electrons. The molecular weight excluding hydrogens is 244 g/mol. The van der Waals surface area contributed by atoms with Crippen molar-refractivity contribution in [2.24, 2.45) is 5.92 Å². The lowest BCUT2D eigenvalue weighted by molar-refractivity contribution is -0.139. The molecule has 1 aliphatic carbocycles. The Hall–Kier alpha value is -0.310. The van der Waals surface area contributed by atoms with Crippen LogP contribution in [0, 0.1) is 5.92 Å². The van der Waals surface area contributed by atoms with Crippen LogP contribution in [0.25, 0.3) is 0 Å². The van der Waals surface area contributed by atoms with Crippen LogP contribution in [0.2, 0.25) is 0 Å². The molecule has 1 saturated carbocycles. The third-order valence-corrected chi connectivity index (χ3v) is 3.53. The number of hydrogen-bond acceptors (Lipinski definition) is 2. The van der Waals surface area contributed by atoms with Crippen LogP contribution in [0.4, 0.5) is 0 Å². The van der Waals surface area contributed by atoms with Gasteiger partial charge in [-0.15, -0.1) is 0 Å². The van der Waals surface area contributed by atoms with Gasteiger partial charge in [0, 0.05) is 6.92 Å². The molecule has 0 saturated heterocycles. The van der Waals surface area contributed by atoms with Crippen molar-refractivity contribution in [2.45, 2.75) is 39.0 Å². The van der Waals surface area contributed by atoms with Crippen molar-refractivity contribution in [3.8, 4) is 0 Å². The van der Waals surface area contributed by atoms with Gasteiger partial charge in [0.2, 0.25) is 0 Å². The lowest BCUT2D eigenvalue weighted by Gasteiger charge is -2.21. The van der Waals surface area contributed by atoms with E-state index in [1.807, 2.05) is 6.08 Å². The molecule has 0 heterocycles. The minimum atomic E-state index is -0.217. The van der Waals surface area contributed by atoms with Crippen LogP contribution in [0.15, 0.2) is 10.6 Å². The predicted octanol–water partition coefficient (Wildman–Crippen LogP) is 3.41. The largest absolute Gasteiger partial charge is 0.462 e. The monoisotopic (exact) mass is 260 g/mol. The second kappa shape index (κ2) is 6.23. The van der Waals surface area contributed by atoms with E-state index < -0.39 is 0 Å². The van der Waals surface area contributed by atoms with Gasteiger partial charge in [0.1, 0.15) is 6.61 Å². The normalized spacial score (nSPS) is 19.4. The first-order chi connectivity index (χ1) is 6.70. The summed E-state index contributed by atoms with van der Waals surface area (Å²) in [7, 11) is 0. The van der Waals surface area contributed by atoms with E-state index in [0.29, 0.717) is 12.5 Å². The van der Waals surface area contributed by atoms with E-state index in [0.717, 1.165) is 0 Å². The van der Waals surface area contributed by atoms with Gasteiger partial charge in [-0.1, -0.05) is 35.2 Å². The van der Waals surface area contributed by atoms with Gasteiger partial charge in [-0.25, -0.2) is 0 Å². The van der Waals surface area contributed by atoms with Gasteiger partial charge in [-0.3, -0.25) is 4.79 Å². The summed E-state index contributed by atoms with van der Waals surface area (Å²) in [5, 5.41) is 0. The first-order valence-corrected chi connectivity index (χ1v) is 5.98. The number of halogens is 1. The molecule has 0 atom stereocenters. The van der Waals surface area contributed by atoms with Crippen LogP contribution in [0.1, 0.15) is 39.0 Å². The van der Waals surface area contributed by atoms with Crippen molar-refractivity contribution in [2.75, 3.05) is 6.61 Å². The maximum Gasteiger partial charge on any atom is 0.302 e. The highest BCUT2D eigenvalue weighted by Crippen LogP contribution is 2.32. The Balaban J connectivity index is 2.30. The minimum absolute atomic E-state index is 0.217. The molecule has 1 fully saturated rings. The number of carbonyl (C=O) groups is 1. The van der Waals surface area contributed by atoms with Gasteiger partial charge in [0.25, 0.3) is 0 Å². The van der Waals surface area contributed by atoms with E-state index in [1.165, 1.54) is 43.5 Å². The van der Waals surface area contributed by atoms with Crippen LogP contribution in [0.3, 0.4) is 0 Å². The van der Waals surface area contributed by atoms with Crippen LogP contribution in [0.5, 0.6) is 0 Å². The highest BCUT2D eigenvalue weighted by molar-refractivity contribution is 9.11. The van der Waals surface area contributed by atoms with E-state index in [-0.39, 0.29) is 5.97 Å². The zero-order chi connectivity index (χ0) is 10.4.